The summed E-state index contributed by atoms with van der Waals surface area (Å²) in [6.07, 6.45) is 4.31. The Morgan fingerprint density at radius 1 is 1.37 bits per heavy atom. The van der Waals surface area contributed by atoms with Crippen LogP contribution in [0.3, 0.4) is 0 Å². The second kappa shape index (κ2) is 9.40. The molecule has 4 rings (SSSR count). The lowest BCUT2D eigenvalue weighted by Gasteiger charge is -2.07. The fraction of sp³-hybridized carbons (Fsp3) is 0.333. The first-order valence-electron chi connectivity index (χ1n) is 9.62. The molecule has 0 saturated heterocycles. The summed E-state index contributed by atoms with van der Waals surface area (Å²) >= 11 is 1.44. The highest BCUT2D eigenvalue weighted by molar-refractivity contribution is 7.13. The van der Waals surface area contributed by atoms with Crippen LogP contribution in [0.25, 0.3) is 21.8 Å². The molecular formula is C21H23ClN4O3S. The number of anilines is 1. The van der Waals surface area contributed by atoms with Crippen molar-refractivity contribution in [1.29, 1.82) is 0 Å². The van der Waals surface area contributed by atoms with E-state index in [4.69, 9.17) is 4.74 Å². The summed E-state index contributed by atoms with van der Waals surface area (Å²) < 4.78 is 5.08. The summed E-state index contributed by atoms with van der Waals surface area (Å²) in [7, 11) is 0. The third kappa shape index (κ3) is 4.88. The maximum Gasteiger partial charge on any atom is 0.339 e. The molecular weight excluding hydrogens is 424 g/mol. The number of halogens is 1. The Balaban J connectivity index is 0.00000256. The van der Waals surface area contributed by atoms with Crippen molar-refractivity contribution in [1.82, 2.24) is 15.0 Å². The minimum absolute atomic E-state index is 0. The van der Waals surface area contributed by atoms with Crippen LogP contribution in [-0.2, 0) is 4.74 Å². The van der Waals surface area contributed by atoms with Gasteiger partial charge in [-0.15, -0.1) is 23.7 Å². The molecule has 1 aliphatic rings. The SMILES string of the molecule is CCOC(=O)c1cc(-c2csc(-c3ccnc(NCC4CC4)c3)n2)c(=O)[nH]c1C.Cl. The van der Waals surface area contributed by atoms with Crippen molar-refractivity contribution in [2.45, 2.75) is 26.7 Å². The van der Waals surface area contributed by atoms with Gasteiger partial charge in [-0.05, 0) is 50.8 Å². The molecule has 0 radical (unpaired) electrons. The predicted octanol–water partition coefficient (Wildman–Crippen LogP) is 4.29. The first-order chi connectivity index (χ1) is 14.0. The van der Waals surface area contributed by atoms with Crippen LogP contribution in [0.5, 0.6) is 0 Å². The molecule has 0 unspecified atom stereocenters. The zero-order valence-corrected chi connectivity index (χ0v) is 18.4. The third-order valence-electron chi connectivity index (χ3n) is 4.79. The molecule has 9 heteroatoms. The van der Waals surface area contributed by atoms with Gasteiger partial charge in [0.25, 0.3) is 5.56 Å². The number of pyridine rings is 2. The van der Waals surface area contributed by atoms with E-state index in [9.17, 15) is 9.59 Å². The number of esters is 1. The normalized spacial score (nSPS) is 12.9. The smallest absolute Gasteiger partial charge is 0.339 e. The first kappa shape index (κ1) is 22.0. The van der Waals surface area contributed by atoms with Gasteiger partial charge in [0.15, 0.2) is 0 Å². The molecule has 0 amide bonds. The zero-order chi connectivity index (χ0) is 20.4. The van der Waals surface area contributed by atoms with Gasteiger partial charge in [-0.1, -0.05) is 0 Å². The largest absolute Gasteiger partial charge is 0.462 e. The lowest BCUT2D eigenvalue weighted by atomic mass is 10.1. The van der Waals surface area contributed by atoms with E-state index in [1.807, 2.05) is 17.5 Å². The highest BCUT2D eigenvalue weighted by atomic mass is 35.5. The third-order valence-corrected chi connectivity index (χ3v) is 5.68. The van der Waals surface area contributed by atoms with E-state index in [0.717, 1.165) is 28.9 Å². The summed E-state index contributed by atoms with van der Waals surface area (Å²) in [5.74, 6) is 1.12. The molecule has 1 saturated carbocycles. The molecule has 3 aromatic heterocycles. The molecule has 3 heterocycles. The summed E-state index contributed by atoms with van der Waals surface area (Å²) in [4.78, 5) is 36.3. The Hall–Kier alpha value is -2.71. The van der Waals surface area contributed by atoms with E-state index in [0.29, 0.717) is 22.5 Å². The molecule has 7 nitrogen and oxygen atoms in total. The number of aryl methyl sites for hydroxylation is 1. The summed E-state index contributed by atoms with van der Waals surface area (Å²) in [5.41, 5.74) is 2.35. The van der Waals surface area contributed by atoms with E-state index in [-0.39, 0.29) is 24.6 Å². The molecule has 0 aromatic carbocycles. The molecule has 1 aliphatic carbocycles. The number of ether oxygens (including phenoxy) is 1. The monoisotopic (exact) mass is 446 g/mol. The van der Waals surface area contributed by atoms with Crippen LogP contribution in [-0.4, -0.2) is 34.1 Å². The summed E-state index contributed by atoms with van der Waals surface area (Å²) in [5, 5.41) is 5.97. The molecule has 0 aliphatic heterocycles. The Kier molecular flexibility index (Phi) is 6.89. The van der Waals surface area contributed by atoms with Gasteiger partial charge in [0.05, 0.1) is 23.4 Å². The van der Waals surface area contributed by atoms with Gasteiger partial charge in [-0.2, -0.15) is 0 Å². The maximum absolute atomic E-state index is 12.5. The Bertz CT molecular complexity index is 1110. The Morgan fingerprint density at radius 2 is 2.17 bits per heavy atom. The van der Waals surface area contributed by atoms with E-state index in [1.165, 1.54) is 24.2 Å². The average Bonchev–Trinajstić information content (AvgIpc) is 3.41. The van der Waals surface area contributed by atoms with Crippen LogP contribution in [0, 0.1) is 12.8 Å². The number of aromatic nitrogens is 3. The second-order valence-corrected chi connectivity index (χ2v) is 7.92. The highest BCUT2D eigenvalue weighted by Crippen LogP contribution is 2.31. The molecule has 0 spiro atoms. The van der Waals surface area contributed by atoms with Gasteiger partial charge < -0.3 is 15.0 Å². The summed E-state index contributed by atoms with van der Waals surface area (Å²) in [6, 6.07) is 5.42. The van der Waals surface area contributed by atoms with Gasteiger partial charge in [0.2, 0.25) is 0 Å². The number of rotatable bonds is 7. The highest BCUT2D eigenvalue weighted by Gasteiger charge is 2.21. The molecule has 2 N–H and O–H groups in total. The van der Waals surface area contributed by atoms with Crippen LogP contribution in [0.2, 0.25) is 0 Å². The Morgan fingerprint density at radius 3 is 2.90 bits per heavy atom. The van der Waals surface area contributed by atoms with Crippen molar-refractivity contribution in [2.75, 3.05) is 18.5 Å². The zero-order valence-electron chi connectivity index (χ0n) is 16.7. The minimum atomic E-state index is -0.460. The van der Waals surface area contributed by atoms with Crippen LogP contribution in [0.1, 0.15) is 35.8 Å². The number of carbonyl (C=O) groups excluding carboxylic acids is 1. The lowest BCUT2D eigenvalue weighted by Crippen LogP contribution is -2.16. The van der Waals surface area contributed by atoms with Gasteiger partial charge in [-0.25, -0.2) is 14.8 Å². The number of carbonyl (C=O) groups is 1. The van der Waals surface area contributed by atoms with Crippen molar-refractivity contribution in [3.63, 3.8) is 0 Å². The first-order valence-corrected chi connectivity index (χ1v) is 10.5. The molecule has 3 aromatic rings. The second-order valence-electron chi connectivity index (χ2n) is 7.06. The van der Waals surface area contributed by atoms with E-state index in [2.05, 4.69) is 20.3 Å². The minimum Gasteiger partial charge on any atom is -0.462 e. The van der Waals surface area contributed by atoms with E-state index < -0.39 is 5.97 Å². The van der Waals surface area contributed by atoms with Crippen molar-refractivity contribution < 1.29 is 9.53 Å². The molecule has 30 heavy (non-hydrogen) atoms. The van der Waals surface area contributed by atoms with Crippen LogP contribution >= 0.6 is 23.7 Å². The van der Waals surface area contributed by atoms with Gasteiger partial charge in [0.1, 0.15) is 10.8 Å². The number of nitrogens with one attached hydrogen (secondary N) is 2. The summed E-state index contributed by atoms with van der Waals surface area (Å²) in [6.45, 7) is 4.63. The molecule has 158 valence electrons. The van der Waals surface area contributed by atoms with E-state index in [1.54, 1.807) is 26.1 Å². The molecule has 1 fully saturated rings. The fourth-order valence-electron chi connectivity index (χ4n) is 3.00. The number of hydrogen-bond acceptors (Lipinski definition) is 7. The van der Waals surface area contributed by atoms with Gasteiger partial charge in [-0.3, -0.25) is 4.79 Å². The Labute approximate surface area is 184 Å². The number of aromatic amines is 1. The van der Waals surface area contributed by atoms with Gasteiger partial charge in [0, 0.05) is 29.4 Å². The van der Waals surface area contributed by atoms with Gasteiger partial charge >= 0.3 is 5.97 Å². The van der Waals surface area contributed by atoms with Crippen molar-refractivity contribution in [3.05, 3.63) is 51.4 Å². The van der Waals surface area contributed by atoms with Crippen LogP contribution in [0.15, 0.2) is 34.6 Å². The lowest BCUT2D eigenvalue weighted by molar-refractivity contribution is 0.0525. The fourth-order valence-corrected chi connectivity index (χ4v) is 3.81. The number of hydrogen-bond donors (Lipinski definition) is 2. The van der Waals surface area contributed by atoms with E-state index >= 15 is 0 Å². The average molecular weight is 447 g/mol. The van der Waals surface area contributed by atoms with Crippen molar-refractivity contribution in [2.24, 2.45) is 5.92 Å². The number of H-pyrrole nitrogens is 1. The number of nitrogens with zero attached hydrogens (tertiary/aromatic N) is 2. The van der Waals surface area contributed by atoms with Crippen molar-refractivity contribution in [3.8, 4) is 21.8 Å². The quantitative estimate of drug-likeness (QED) is 0.525. The predicted molar refractivity (Wildman–Crippen MR) is 121 cm³/mol. The molecule has 0 atom stereocenters. The van der Waals surface area contributed by atoms with Crippen molar-refractivity contribution >= 4 is 35.5 Å². The standard InChI is InChI=1S/C21H22N4O3S.ClH/c1-3-28-21(27)15-9-16(19(26)24-12(15)2)17-11-29-20(25-17)14-6-7-22-18(8-14)23-10-13-4-5-13;/h6-9,11,13H,3-5,10H2,1-2H3,(H,22,23)(H,24,26);1H. The molecule has 0 bridgehead atoms. The maximum atomic E-state index is 12.5. The van der Waals surface area contributed by atoms with Crippen LogP contribution < -0.4 is 10.9 Å². The number of thiazole rings is 1. The topological polar surface area (TPSA) is 97.0 Å². The van der Waals surface area contributed by atoms with Crippen LogP contribution in [0.4, 0.5) is 5.82 Å².